The van der Waals surface area contributed by atoms with Crippen LogP contribution in [0.3, 0.4) is 0 Å². The molecule has 0 bridgehead atoms. The topological polar surface area (TPSA) is 89.4 Å². The Balaban J connectivity index is 0.00000196. The SMILES string of the molecule is Cl.N[C@H](CCO)c1cccc([N+](=O)[O-])c1. The standard InChI is InChI=1S/C9H12N2O3.ClH/c10-9(4-5-12)7-2-1-3-8(6-7)11(13)14;/h1-3,6,9,12H,4-5,10H2;1H/t9-;/m1./s1. The van der Waals surface area contributed by atoms with Crippen molar-refractivity contribution in [3.8, 4) is 0 Å². The van der Waals surface area contributed by atoms with Gasteiger partial charge in [-0.25, -0.2) is 0 Å². The quantitative estimate of drug-likeness (QED) is 0.607. The second kappa shape index (κ2) is 6.34. The summed E-state index contributed by atoms with van der Waals surface area (Å²) in [5.41, 5.74) is 6.39. The molecule has 0 saturated carbocycles. The van der Waals surface area contributed by atoms with Gasteiger partial charge in [-0.3, -0.25) is 10.1 Å². The number of hydrogen-bond acceptors (Lipinski definition) is 4. The third-order valence-corrected chi connectivity index (χ3v) is 1.95. The number of benzene rings is 1. The second-order valence-electron chi connectivity index (χ2n) is 2.97. The molecule has 0 radical (unpaired) electrons. The van der Waals surface area contributed by atoms with Crippen LogP contribution in [0.1, 0.15) is 18.0 Å². The van der Waals surface area contributed by atoms with Gasteiger partial charge < -0.3 is 10.8 Å². The van der Waals surface area contributed by atoms with Gasteiger partial charge in [-0.2, -0.15) is 0 Å². The highest BCUT2D eigenvalue weighted by molar-refractivity contribution is 5.85. The number of aliphatic hydroxyl groups is 1. The first kappa shape index (κ1) is 13.8. The maximum Gasteiger partial charge on any atom is 0.269 e. The number of nitrogens with zero attached hydrogens (tertiary/aromatic N) is 1. The van der Waals surface area contributed by atoms with Crippen molar-refractivity contribution < 1.29 is 10.0 Å². The summed E-state index contributed by atoms with van der Waals surface area (Å²) in [6.07, 6.45) is 0.404. The first-order valence-corrected chi connectivity index (χ1v) is 4.26. The van der Waals surface area contributed by atoms with Crippen LogP contribution in [0.4, 0.5) is 5.69 Å². The van der Waals surface area contributed by atoms with Gasteiger partial charge in [0.2, 0.25) is 0 Å². The molecular weight excluding hydrogens is 220 g/mol. The van der Waals surface area contributed by atoms with Crippen LogP contribution in [0.5, 0.6) is 0 Å². The molecule has 0 aliphatic rings. The van der Waals surface area contributed by atoms with Crippen molar-refractivity contribution in [1.82, 2.24) is 0 Å². The third kappa shape index (κ3) is 3.83. The van der Waals surface area contributed by atoms with Crippen molar-refractivity contribution >= 4 is 18.1 Å². The summed E-state index contributed by atoms with van der Waals surface area (Å²) in [7, 11) is 0. The molecule has 1 atom stereocenters. The fraction of sp³-hybridized carbons (Fsp3) is 0.333. The zero-order chi connectivity index (χ0) is 10.6. The molecule has 1 aromatic carbocycles. The normalized spacial score (nSPS) is 11.6. The second-order valence-corrected chi connectivity index (χ2v) is 2.97. The Morgan fingerprint density at radius 2 is 2.20 bits per heavy atom. The fourth-order valence-electron chi connectivity index (χ4n) is 1.17. The van der Waals surface area contributed by atoms with Gasteiger partial charge in [0, 0.05) is 24.8 Å². The van der Waals surface area contributed by atoms with Crippen LogP contribution in [-0.2, 0) is 0 Å². The number of halogens is 1. The summed E-state index contributed by atoms with van der Waals surface area (Å²) in [5.74, 6) is 0. The molecular formula is C9H13ClN2O3. The molecule has 1 rings (SSSR count). The zero-order valence-corrected chi connectivity index (χ0v) is 8.81. The van der Waals surface area contributed by atoms with Crippen LogP contribution in [0.15, 0.2) is 24.3 Å². The average molecular weight is 233 g/mol. The lowest BCUT2D eigenvalue weighted by atomic mass is 10.0. The minimum absolute atomic E-state index is 0. The van der Waals surface area contributed by atoms with E-state index in [2.05, 4.69) is 0 Å². The first-order valence-electron chi connectivity index (χ1n) is 4.26. The molecule has 0 aliphatic carbocycles. The third-order valence-electron chi connectivity index (χ3n) is 1.95. The van der Waals surface area contributed by atoms with Crippen LogP contribution in [0.2, 0.25) is 0 Å². The summed E-state index contributed by atoms with van der Waals surface area (Å²) in [4.78, 5) is 9.99. The van der Waals surface area contributed by atoms with E-state index in [9.17, 15) is 10.1 Å². The van der Waals surface area contributed by atoms with E-state index in [0.29, 0.717) is 12.0 Å². The molecule has 5 nitrogen and oxygen atoms in total. The molecule has 0 spiro atoms. The predicted molar refractivity (Wildman–Crippen MR) is 59.0 cm³/mol. The van der Waals surface area contributed by atoms with Gasteiger partial charge in [0.05, 0.1) is 4.92 Å². The van der Waals surface area contributed by atoms with Gasteiger partial charge in [-0.1, -0.05) is 12.1 Å². The summed E-state index contributed by atoms with van der Waals surface area (Å²) < 4.78 is 0. The smallest absolute Gasteiger partial charge is 0.269 e. The van der Waals surface area contributed by atoms with Gasteiger partial charge in [0.25, 0.3) is 5.69 Å². The maximum absolute atomic E-state index is 10.4. The molecule has 0 amide bonds. The average Bonchev–Trinajstić information content (AvgIpc) is 2.18. The lowest BCUT2D eigenvalue weighted by molar-refractivity contribution is -0.384. The number of nitro benzene ring substituents is 1. The van der Waals surface area contributed by atoms with E-state index in [-0.39, 0.29) is 30.7 Å². The van der Waals surface area contributed by atoms with Crippen LogP contribution in [0, 0.1) is 10.1 Å². The first-order chi connectivity index (χ1) is 6.65. The van der Waals surface area contributed by atoms with Gasteiger partial charge in [-0.15, -0.1) is 12.4 Å². The van der Waals surface area contributed by atoms with E-state index < -0.39 is 4.92 Å². The Hall–Kier alpha value is -1.17. The number of hydrogen-bond donors (Lipinski definition) is 2. The van der Waals surface area contributed by atoms with Gasteiger partial charge in [0.1, 0.15) is 0 Å². The van der Waals surface area contributed by atoms with Crippen molar-refractivity contribution in [3.63, 3.8) is 0 Å². The monoisotopic (exact) mass is 232 g/mol. The van der Waals surface area contributed by atoms with E-state index in [0.717, 1.165) is 0 Å². The maximum atomic E-state index is 10.4. The van der Waals surface area contributed by atoms with Crippen molar-refractivity contribution in [2.24, 2.45) is 5.73 Å². The van der Waals surface area contributed by atoms with Gasteiger partial charge in [-0.05, 0) is 12.0 Å². The summed E-state index contributed by atoms with van der Waals surface area (Å²) >= 11 is 0. The highest BCUT2D eigenvalue weighted by Gasteiger charge is 2.10. The molecule has 0 heterocycles. The van der Waals surface area contributed by atoms with Crippen molar-refractivity contribution in [3.05, 3.63) is 39.9 Å². The molecule has 15 heavy (non-hydrogen) atoms. The van der Waals surface area contributed by atoms with Crippen LogP contribution < -0.4 is 5.73 Å². The Morgan fingerprint density at radius 3 is 2.73 bits per heavy atom. The van der Waals surface area contributed by atoms with Crippen LogP contribution in [0.25, 0.3) is 0 Å². The number of nitro groups is 1. The lowest BCUT2D eigenvalue weighted by Crippen LogP contribution is -2.11. The van der Waals surface area contributed by atoms with Gasteiger partial charge in [0.15, 0.2) is 0 Å². The molecule has 6 heteroatoms. The van der Waals surface area contributed by atoms with E-state index >= 15 is 0 Å². The Kier molecular flexibility index (Phi) is 5.84. The van der Waals surface area contributed by atoms with Gasteiger partial charge >= 0.3 is 0 Å². The highest BCUT2D eigenvalue weighted by Crippen LogP contribution is 2.19. The molecule has 3 N–H and O–H groups in total. The molecule has 0 fully saturated rings. The molecule has 0 aliphatic heterocycles. The minimum Gasteiger partial charge on any atom is -0.396 e. The van der Waals surface area contributed by atoms with Crippen molar-refractivity contribution in [2.45, 2.75) is 12.5 Å². The molecule has 84 valence electrons. The predicted octanol–water partition coefficient (Wildman–Crippen LogP) is 1.40. The lowest BCUT2D eigenvalue weighted by Gasteiger charge is -2.09. The highest BCUT2D eigenvalue weighted by atomic mass is 35.5. The van der Waals surface area contributed by atoms with E-state index in [1.807, 2.05) is 0 Å². The van der Waals surface area contributed by atoms with Crippen LogP contribution >= 0.6 is 12.4 Å². The summed E-state index contributed by atoms with van der Waals surface area (Å²) in [6, 6.07) is 5.80. The zero-order valence-electron chi connectivity index (χ0n) is 8.00. The number of rotatable bonds is 4. The van der Waals surface area contributed by atoms with Crippen LogP contribution in [-0.4, -0.2) is 16.6 Å². The minimum atomic E-state index is -0.463. The number of aliphatic hydroxyl groups excluding tert-OH is 1. The molecule has 0 saturated heterocycles. The Labute approximate surface area is 93.5 Å². The molecule has 0 unspecified atom stereocenters. The largest absolute Gasteiger partial charge is 0.396 e. The fourth-order valence-corrected chi connectivity index (χ4v) is 1.17. The Morgan fingerprint density at radius 1 is 1.53 bits per heavy atom. The summed E-state index contributed by atoms with van der Waals surface area (Å²) in [5, 5.41) is 19.1. The van der Waals surface area contributed by atoms with E-state index in [4.69, 9.17) is 10.8 Å². The van der Waals surface area contributed by atoms with E-state index in [1.54, 1.807) is 12.1 Å². The summed E-state index contributed by atoms with van der Waals surface area (Å²) in [6.45, 7) is -0.0239. The molecule has 0 aromatic heterocycles. The Bertz CT molecular complexity index is 333. The number of nitrogens with two attached hydrogens (primary N) is 1. The number of non-ortho nitro benzene ring substituents is 1. The van der Waals surface area contributed by atoms with Crippen molar-refractivity contribution in [1.29, 1.82) is 0 Å². The van der Waals surface area contributed by atoms with Crippen molar-refractivity contribution in [2.75, 3.05) is 6.61 Å². The molecule has 1 aromatic rings. The van der Waals surface area contributed by atoms with E-state index in [1.165, 1.54) is 12.1 Å².